The lowest BCUT2D eigenvalue weighted by Crippen LogP contribution is -2.49. The van der Waals surface area contributed by atoms with Crippen molar-refractivity contribution in [2.75, 3.05) is 18.1 Å². The predicted octanol–water partition coefficient (Wildman–Crippen LogP) is 2.91. The minimum Gasteiger partial charge on any atom is -0.374 e. The lowest BCUT2D eigenvalue weighted by Gasteiger charge is -2.38. The first-order valence-electron chi connectivity index (χ1n) is 6.26. The molecule has 1 aliphatic heterocycles. The van der Waals surface area contributed by atoms with E-state index in [1.165, 1.54) is 24.8 Å². The predicted molar refractivity (Wildman–Crippen MR) is 71.4 cm³/mol. The summed E-state index contributed by atoms with van der Waals surface area (Å²) in [5.41, 5.74) is 1.19. The van der Waals surface area contributed by atoms with Gasteiger partial charge in [-0.1, -0.05) is 0 Å². The molecule has 0 aromatic carbocycles. The molecule has 2 heterocycles. The third kappa shape index (κ3) is 2.08. The van der Waals surface area contributed by atoms with E-state index in [1.807, 2.05) is 6.20 Å². The van der Waals surface area contributed by atoms with Crippen LogP contribution in [0.4, 0.5) is 5.82 Å². The highest BCUT2D eigenvalue weighted by molar-refractivity contribution is 9.10. The number of aromatic nitrogens is 1. The largest absolute Gasteiger partial charge is 0.374 e. The fourth-order valence-corrected chi connectivity index (χ4v) is 3.62. The highest BCUT2D eigenvalue weighted by Gasteiger charge is 2.37. The van der Waals surface area contributed by atoms with Crippen molar-refractivity contribution in [2.45, 2.75) is 38.3 Å². The molecule has 1 aromatic heterocycles. The molecule has 2 aliphatic rings. The normalized spacial score (nSPS) is 28.2. The second kappa shape index (κ2) is 4.58. The van der Waals surface area contributed by atoms with Gasteiger partial charge < -0.3 is 9.64 Å². The molecule has 0 N–H and O–H groups in total. The summed E-state index contributed by atoms with van der Waals surface area (Å²) in [6, 6.07) is 2.66. The molecule has 17 heavy (non-hydrogen) atoms. The Morgan fingerprint density at radius 1 is 1.47 bits per heavy atom. The van der Waals surface area contributed by atoms with Gasteiger partial charge in [0.15, 0.2) is 0 Å². The number of rotatable bonds is 1. The number of nitrogens with zero attached hydrogens (tertiary/aromatic N) is 2. The molecule has 0 amide bonds. The third-order valence-electron chi connectivity index (χ3n) is 3.71. The van der Waals surface area contributed by atoms with Crippen LogP contribution >= 0.6 is 15.9 Å². The number of halogens is 1. The van der Waals surface area contributed by atoms with Crippen molar-refractivity contribution >= 4 is 21.7 Å². The molecular formula is C13H17BrN2O. The minimum atomic E-state index is 0.416. The van der Waals surface area contributed by atoms with E-state index in [4.69, 9.17) is 4.74 Å². The number of hydrogen-bond donors (Lipinski definition) is 0. The van der Waals surface area contributed by atoms with Gasteiger partial charge in [-0.15, -0.1) is 0 Å². The molecule has 2 atom stereocenters. The molecule has 2 fully saturated rings. The summed E-state index contributed by atoms with van der Waals surface area (Å²) in [5.74, 6) is 1.08. The Labute approximate surface area is 110 Å². The van der Waals surface area contributed by atoms with Gasteiger partial charge >= 0.3 is 0 Å². The summed E-state index contributed by atoms with van der Waals surface area (Å²) in [6.45, 7) is 3.85. The Hall–Kier alpha value is -0.610. The molecule has 3 rings (SSSR count). The van der Waals surface area contributed by atoms with Crippen molar-refractivity contribution in [1.29, 1.82) is 0 Å². The summed E-state index contributed by atoms with van der Waals surface area (Å²) < 4.78 is 6.93. The average Bonchev–Trinajstić information content (AvgIpc) is 2.77. The van der Waals surface area contributed by atoms with Crippen LogP contribution in [0.2, 0.25) is 0 Å². The van der Waals surface area contributed by atoms with Gasteiger partial charge in [-0.25, -0.2) is 4.98 Å². The van der Waals surface area contributed by atoms with Crippen molar-refractivity contribution in [3.63, 3.8) is 0 Å². The van der Waals surface area contributed by atoms with E-state index in [-0.39, 0.29) is 0 Å². The van der Waals surface area contributed by atoms with Gasteiger partial charge in [0.1, 0.15) is 5.82 Å². The first-order valence-corrected chi connectivity index (χ1v) is 7.05. The number of fused-ring (bicyclic) bond motifs is 1. The van der Waals surface area contributed by atoms with Crippen molar-refractivity contribution in [3.8, 4) is 0 Å². The minimum absolute atomic E-state index is 0.416. The van der Waals surface area contributed by atoms with E-state index >= 15 is 0 Å². The summed E-state index contributed by atoms with van der Waals surface area (Å²) >= 11 is 3.63. The molecule has 0 radical (unpaired) electrons. The van der Waals surface area contributed by atoms with Gasteiger partial charge in [0, 0.05) is 12.7 Å². The zero-order valence-corrected chi connectivity index (χ0v) is 11.6. The second-order valence-corrected chi connectivity index (χ2v) is 5.77. The van der Waals surface area contributed by atoms with Crippen molar-refractivity contribution in [1.82, 2.24) is 4.98 Å². The van der Waals surface area contributed by atoms with E-state index in [0.29, 0.717) is 12.1 Å². The molecular weight excluding hydrogens is 280 g/mol. The monoisotopic (exact) mass is 296 g/mol. The summed E-state index contributed by atoms with van der Waals surface area (Å²) in [5, 5.41) is 0. The van der Waals surface area contributed by atoms with Gasteiger partial charge in [-0.2, -0.15) is 0 Å². The number of aryl methyl sites for hydroxylation is 1. The van der Waals surface area contributed by atoms with Gasteiger partial charge in [0.2, 0.25) is 0 Å². The van der Waals surface area contributed by atoms with Gasteiger partial charge in [-0.3, -0.25) is 0 Å². The van der Waals surface area contributed by atoms with E-state index in [1.54, 1.807) is 0 Å². The van der Waals surface area contributed by atoms with Gasteiger partial charge in [-0.05, 0) is 53.7 Å². The second-order valence-electron chi connectivity index (χ2n) is 4.92. The van der Waals surface area contributed by atoms with Crippen LogP contribution in [0.25, 0.3) is 0 Å². The zero-order valence-electron chi connectivity index (χ0n) is 10.0. The fraction of sp³-hybridized carbons (Fsp3) is 0.615. The zero-order chi connectivity index (χ0) is 11.8. The Bertz CT molecular complexity index is 424. The van der Waals surface area contributed by atoms with E-state index in [2.05, 4.69) is 38.8 Å². The first-order chi connectivity index (χ1) is 8.25. The lowest BCUT2D eigenvalue weighted by molar-refractivity contribution is 0.0252. The number of anilines is 1. The molecule has 2 unspecified atom stereocenters. The average molecular weight is 297 g/mol. The summed E-state index contributed by atoms with van der Waals surface area (Å²) in [6.07, 6.45) is 6.06. The number of ether oxygens (including phenoxy) is 1. The molecule has 1 saturated heterocycles. The third-order valence-corrected chi connectivity index (χ3v) is 4.30. The van der Waals surface area contributed by atoms with Crippen LogP contribution in [0.3, 0.4) is 0 Å². The summed E-state index contributed by atoms with van der Waals surface area (Å²) in [4.78, 5) is 7.01. The first kappa shape index (κ1) is 11.5. The highest BCUT2D eigenvalue weighted by atomic mass is 79.9. The number of morpholine rings is 1. The number of pyridine rings is 1. The maximum Gasteiger partial charge on any atom is 0.143 e. The van der Waals surface area contributed by atoms with Gasteiger partial charge in [0.05, 0.1) is 23.2 Å². The Kier molecular flexibility index (Phi) is 3.09. The Morgan fingerprint density at radius 3 is 3.18 bits per heavy atom. The maximum absolute atomic E-state index is 5.83. The SMILES string of the molecule is Cc1cnc(N2CCOC3CCCC32)c(Br)c1. The summed E-state index contributed by atoms with van der Waals surface area (Å²) in [7, 11) is 0. The maximum atomic E-state index is 5.83. The van der Waals surface area contributed by atoms with Crippen LogP contribution in [-0.4, -0.2) is 30.3 Å². The molecule has 1 aromatic rings. The van der Waals surface area contributed by atoms with E-state index < -0.39 is 0 Å². The molecule has 92 valence electrons. The standard InChI is InChI=1S/C13H17BrN2O/c1-9-7-10(14)13(15-8-9)16-5-6-17-12-4-2-3-11(12)16/h7-8,11-12H,2-6H2,1H3. The smallest absolute Gasteiger partial charge is 0.143 e. The molecule has 3 nitrogen and oxygen atoms in total. The van der Waals surface area contributed by atoms with Crippen molar-refractivity contribution in [2.24, 2.45) is 0 Å². The molecule has 1 saturated carbocycles. The lowest BCUT2D eigenvalue weighted by atomic mass is 10.1. The topological polar surface area (TPSA) is 25.4 Å². The Morgan fingerprint density at radius 2 is 2.35 bits per heavy atom. The molecule has 0 bridgehead atoms. The Balaban J connectivity index is 1.91. The molecule has 1 aliphatic carbocycles. The van der Waals surface area contributed by atoms with Crippen LogP contribution in [-0.2, 0) is 4.74 Å². The van der Waals surface area contributed by atoms with E-state index in [9.17, 15) is 0 Å². The fourth-order valence-electron chi connectivity index (χ4n) is 2.93. The van der Waals surface area contributed by atoms with Crippen LogP contribution < -0.4 is 4.90 Å². The van der Waals surface area contributed by atoms with Crippen LogP contribution in [0.1, 0.15) is 24.8 Å². The van der Waals surface area contributed by atoms with Crippen molar-refractivity contribution in [3.05, 3.63) is 22.3 Å². The highest BCUT2D eigenvalue weighted by Crippen LogP contribution is 2.35. The quantitative estimate of drug-likeness (QED) is 0.797. The van der Waals surface area contributed by atoms with E-state index in [0.717, 1.165) is 23.4 Å². The van der Waals surface area contributed by atoms with Gasteiger partial charge in [0.25, 0.3) is 0 Å². The number of hydrogen-bond acceptors (Lipinski definition) is 3. The molecule has 4 heteroatoms. The van der Waals surface area contributed by atoms with Crippen LogP contribution in [0, 0.1) is 6.92 Å². The van der Waals surface area contributed by atoms with Crippen molar-refractivity contribution < 1.29 is 4.74 Å². The van der Waals surface area contributed by atoms with Crippen LogP contribution in [0.5, 0.6) is 0 Å². The molecule has 0 spiro atoms. The van der Waals surface area contributed by atoms with Crippen LogP contribution in [0.15, 0.2) is 16.7 Å².